The molecule has 7 nitrogen and oxygen atoms in total. The molecule has 0 aliphatic carbocycles. The van der Waals surface area contributed by atoms with Crippen molar-refractivity contribution < 1.29 is 23.8 Å². The number of carbonyl (C=O) groups is 2. The second kappa shape index (κ2) is 9.70. The molecule has 0 spiro atoms. The summed E-state index contributed by atoms with van der Waals surface area (Å²) in [5.74, 6) is 0.619. The van der Waals surface area contributed by atoms with Crippen LogP contribution in [0.1, 0.15) is 29.9 Å². The van der Waals surface area contributed by atoms with Crippen molar-refractivity contribution in [1.29, 1.82) is 0 Å². The van der Waals surface area contributed by atoms with Crippen LogP contribution in [0.5, 0.6) is 17.2 Å². The van der Waals surface area contributed by atoms with Gasteiger partial charge < -0.3 is 19.2 Å². The molecule has 1 unspecified atom stereocenters. The molecule has 172 valence electrons. The van der Waals surface area contributed by atoms with Crippen molar-refractivity contribution in [2.45, 2.75) is 18.8 Å². The molecular weight excluding hydrogens is 488 g/mol. The zero-order valence-corrected chi connectivity index (χ0v) is 20.3. The van der Waals surface area contributed by atoms with Gasteiger partial charge in [-0.1, -0.05) is 22.0 Å². The molecular formula is C25H25BrN2O5. The third-order valence-electron chi connectivity index (χ3n) is 5.87. The van der Waals surface area contributed by atoms with Crippen molar-refractivity contribution in [3.8, 4) is 17.2 Å². The minimum absolute atomic E-state index is 0.109. The summed E-state index contributed by atoms with van der Waals surface area (Å²) in [5, 5.41) is 0.987. The van der Waals surface area contributed by atoms with E-state index in [1.54, 1.807) is 27.4 Å². The Hall–Kier alpha value is -3.26. The van der Waals surface area contributed by atoms with Crippen LogP contribution < -0.4 is 14.2 Å². The van der Waals surface area contributed by atoms with Crippen LogP contribution in [0.2, 0.25) is 0 Å². The molecule has 1 atom stereocenters. The quantitative estimate of drug-likeness (QED) is 0.492. The van der Waals surface area contributed by atoms with Gasteiger partial charge in [-0.3, -0.25) is 14.5 Å². The number of halogens is 1. The predicted octanol–water partition coefficient (Wildman–Crippen LogP) is 4.79. The van der Waals surface area contributed by atoms with E-state index >= 15 is 0 Å². The van der Waals surface area contributed by atoms with E-state index in [9.17, 15) is 9.59 Å². The maximum atomic E-state index is 13.3. The summed E-state index contributed by atoms with van der Waals surface area (Å²) in [7, 11) is 4.67. The topological polar surface area (TPSA) is 80.9 Å². The number of ether oxygens (including phenoxy) is 3. The number of methoxy groups -OCH3 is 3. The molecule has 3 aromatic rings. The molecule has 1 N–H and O–H groups in total. The molecule has 2 amide bonds. The summed E-state index contributed by atoms with van der Waals surface area (Å²) in [5.41, 5.74) is 2.71. The van der Waals surface area contributed by atoms with Gasteiger partial charge in [0.1, 0.15) is 0 Å². The van der Waals surface area contributed by atoms with E-state index in [2.05, 4.69) is 20.9 Å². The highest BCUT2D eigenvalue weighted by Gasteiger charge is 2.29. The Kier molecular flexibility index (Phi) is 6.74. The molecule has 2 heterocycles. The Bertz CT molecular complexity index is 1210. The molecule has 0 bridgehead atoms. The summed E-state index contributed by atoms with van der Waals surface area (Å²) in [6, 6.07) is 9.67. The van der Waals surface area contributed by atoms with E-state index in [0.717, 1.165) is 26.5 Å². The Morgan fingerprint density at radius 3 is 2.48 bits per heavy atom. The summed E-state index contributed by atoms with van der Waals surface area (Å²) >= 11 is 3.54. The van der Waals surface area contributed by atoms with E-state index < -0.39 is 0 Å². The number of hydrogen-bond donors (Lipinski definition) is 1. The first-order valence-corrected chi connectivity index (χ1v) is 11.3. The zero-order chi connectivity index (χ0) is 23.5. The number of nitrogens with one attached hydrogen (secondary N) is 1. The lowest BCUT2D eigenvalue weighted by atomic mass is 9.87. The second-order valence-electron chi connectivity index (χ2n) is 7.72. The van der Waals surface area contributed by atoms with Gasteiger partial charge in [0.2, 0.25) is 11.7 Å². The van der Waals surface area contributed by atoms with E-state index in [4.69, 9.17) is 14.2 Å². The van der Waals surface area contributed by atoms with E-state index in [-0.39, 0.29) is 24.2 Å². The highest BCUT2D eigenvalue weighted by atomic mass is 79.9. The van der Waals surface area contributed by atoms with Gasteiger partial charge >= 0.3 is 0 Å². The molecule has 4 rings (SSSR count). The number of aromatic amines is 1. The van der Waals surface area contributed by atoms with Gasteiger partial charge in [0.25, 0.3) is 5.91 Å². The predicted molar refractivity (Wildman–Crippen MR) is 129 cm³/mol. The molecule has 1 aliphatic heterocycles. The maximum absolute atomic E-state index is 13.3. The minimum atomic E-state index is -0.354. The van der Waals surface area contributed by atoms with Crippen LogP contribution in [0, 0.1) is 0 Å². The molecule has 0 radical (unpaired) electrons. The summed E-state index contributed by atoms with van der Waals surface area (Å²) in [4.78, 5) is 30.2. The maximum Gasteiger partial charge on any atom is 0.252 e. The van der Waals surface area contributed by atoms with Crippen LogP contribution in [0.25, 0.3) is 10.9 Å². The van der Waals surface area contributed by atoms with Crippen molar-refractivity contribution in [3.63, 3.8) is 0 Å². The Balaban J connectivity index is 1.84. The highest BCUT2D eigenvalue weighted by Crippen LogP contribution is 2.43. The SMILES string of the molecule is COc1cc(C(CC(=O)N2CCC=CC2=O)c2c[nH]c3ccc(Br)cc23)cc(OC)c1OC. The first-order chi connectivity index (χ1) is 16.0. The zero-order valence-electron chi connectivity index (χ0n) is 18.7. The molecule has 0 saturated carbocycles. The third kappa shape index (κ3) is 4.48. The average molecular weight is 513 g/mol. The van der Waals surface area contributed by atoms with Gasteiger partial charge in [-0.05, 0) is 54.0 Å². The number of hydrogen-bond acceptors (Lipinski definition) is 5. The Labute approximate surface area is 200 Å². The van der Waals surface area contributed by atoms with Crippen molar-refractivity contribution in [2.75, 3.05) is 27.9 Å². The molecule has 1 aromatic heterocycles. The van der Waals surface area contributed by atoms with Gasteiger partial charge in [0.05, 0.1) is 21.3 Å². The number of nitrogens with zero attached hydrogens (tertiary/aromatic N) is 1. The van der Waals surface area contributed by atoms with Crippen molar-refractivity contribution in [3.05, 3.63) is 64.3 Å². The molecule has 33 heavy (non-hydrogen) atoms. The lowest BCUT2D eigenvalue weighted by Gasteiger charge is -2.25. The van der Waals surface area contributed by atoms with Gasteiger partial charge in [0, 0.05) is 40.5 Å². The first kappa shape index (κ1) is 22.9. The largest absolute Gasteiger partial charge is 0.493 e. The van der Waals surface area contributed by atoms with Crippen LogP contribution in [-0.4, -0.2) is 49.6 Å². The summed E-state index contributed by atoms with van der Waals surface area (Å²) in [6.07, 6.45) is 5.93. The van der Waals surface area contributed by atoms with E-state index in [1.807, 2.05) is 36.5 Å². The number of aromatic nitrogens is 1. The number of rotatable bonds is 7. The average Bonchev–Trinajstić information content (AvgIpc) is 3.24. The Morgan fingerprint density at radius 2 is 1.85 bits per heavy atom. The lowest BCUT2D eigenvalue weighted by Crippen LogP contribution is -2.38. The lowest BCUT2D eigenvalue weighted by molar-refractivity contribution is -0.142. The van der Waals surface area contributed by atoms with Gasteiger partial charge in [0.15, 0.2) is 11.5 Å². The van der Waals surface area contributed by atoms with E-state index in [0.29, 0.717) is 30.2 Å². The summed E-state index contributed by atoms with van der Waals surface area (Å²) < 4.78 is 17.5. The van der Waals surface area contributed by atoms with Crippen LogP contribution in [-0.2, 0) is 9.59 Å². The number of benzene rings is 2. The van der Waals surface area contributed by atoms with Crippen molar-refractivity contribution >= 4 is 38.6 Å². The second-order valence-corrected chi connectivity index (χ2v) is 8.64. The normalized spacial score (nSPS) is 14.4. The van der Waals surface area contributed by atoms with Crippen LogP contribution >= 0.6 is 15.9 Å². The fourth-order valence-electron chi connectivity index (χ4n) is 4.23. The van der Waals surface area contributed by atoms with Gasteiger partial charge in [-0.25, -0.2) is 0 Å². The smallest absolute Gasteiger partial charge is 0.252 e. The standard InChI is InChI=1S/C25H25BrN2O5/c1-31-21-10-15(11-22(32-2)25(21)33-3)17(13-24(30)28-9-5-4-6-23(28)29)19-14-27-20-8-7-16(26)12-18(19)20/h4,6-8,10-12,14,17,27H,5,9,13H2,1-3H3. The van der Waals surface area contributed by atoms with Gasteiger partial charge in [-0.15, -0.1) is 0 Å². The van der Waals surface area contributed by atoms with Crippen molar-refractivity contribution in [1.82, 2.24) is 9.88 Å². The fourth-order valence-corrected chi connectivity index (χ4v) is 4.59. The summed E-state index contributed by atoms with van der Waals surface area (Å²) in [6.45, 7) is 0.384. The highest BCUT2D eigenvalue weighted by molar-refractivity contribution is 9.10. The van der Waals surface area contributed by atoms with Crippen LogP contribution in [0.3, 0.4) is 0 Å². The molecule has 8 heteroatoms. The molecule has 1 aliphatic rings. The number of imide groups is 1. The fraction of sp³-hybridized carbons (Fsp3) is 0.280. The van der Waals surface area contributed by atoms with Crippen molar-refractivity contribution in [2.24, 2.45) is 0 Å². The number of fused-ring (bicyclic) bond motifs is 1. The molecule has 0 saturated heterocycles. The van der Waals surface area contributed by atoms with Crippen LogP contribution in [0.15, 0.2) is 53.2 Å². The molecule has 0 fully saturated rings. The minimum Gasteiger partial charge on any atom is -0.493 e. The number of amides is 2. The molecule has 2 aromatic carbocycles. The van der Waals surface area contributed by atoms with E-state index in [1.165, 1.54) is 11.0 Å². The monoisotopic (exact) mass is 512 g/mol. The third-order valence-corrected chi connectivity index (χ3v) is 6.36. The first-order valence-electron chi connectivity index (χ1n) is 10.5. The number of carbonyl (C=O) groups excluding carboxylic acids is 2. The van der Waals surface area contributed by atoms with Gasteiger partial charge in [-0.2, -0.15) is 0 Å². The number of H-pyrrole nitrogens is 1. The Morgan fingerprint density at radius 1 is 1.12 bits per heavy atom. The van der Waals surface area contributed by atoms with Crippen LogP contribution in [0.4, 0.5) is 0 Å².